The Kier molecular flexibility index (Phi) is 4.22. The number of anilines is 1. The van der Waals surface area contributed by atoms with Crippen LogP contribution >= 0.6 is 0 Å². The van der Waals surface area contributed by atoms with Crippen LogP contribution in [0.4, 0.5) is 5.69 Å². The van der Waals surface area contributed by atoms with E-state index in [0.717, 1.165) is 17.9 Å². The SMILES string of the molecule is CCc1ccc(OCC=C(C)C)c(N)c1. The first-order valence-corrected chi connectivity index (χ1v) is 5.28. The Bertz CT molecular complexity index is 352. The van der Waals surface area contributed by atoms with Crippen molar-refractivity contribution in [1.29, 1.82) is 0 Å². The van der Waals surface area contributed by atoms with Crippen LogP contribution in [0.5, 0.6) is 5.75 Å². The molecule has 0 aromatic heterocycles. The van der Waals surface area contributed by atoms with E-state index in [1.165, 1.54) is 11.1 Å². The molecular weight excluding hydrogens is 186 g/mol. The minimum atomic E-state index is 0.581. The van der Waals surface area contributed by atoms with Crippen molar-refractivity contribution in [3.8, 4) is 5.75 Å². The number of ether oxygens (including phenoxy) is 1. The first kappa shape index (κ1) is 11.6. The molecule has 1 rings (SSSR count). The number of nitrogens with two attached hydrogens (primary N) is 1. The molecule has 0 unspecified atom stereocenters. The van der Waals surface area contributed by atoms with Gasteiger partial charge in [0.05, 0.1) is 5.69 Å². The van der Waals surface area contributed by atoms with Crippen molar-refractivity contribution in [1.82, 2.24) is 0 Å². The van der Waals surface area contributed by atoms with Gasteiger partial charge >= 0.3 is 0 Å². The van der Waals surface area contributed by atoms with Gasteiger partial charge in [0, 0.05) is 0 Å². The minimum absolute atomic E-state index is 0.581. The number of hydrogen-bond donors (Lipinski definition) is 1. The van der Waals surface area contributed by atoms with Gasteiger partial charge in [0.1, 0.15) is 12.4 Å². The lowest BCUT2D eigenvalue weighted by Crippen LogP contribution is -1.99. The zero-order valence-electron chi connectivity index (χ0n) is 9.71. The van der Waals surface area contributed by atoms with Gasteiger partial charge in [-0.15, -0.1) is 0 Å². The maximum absolute atomic E-state index is 5.87. The van der Waals surface area contributed by atoms with Crippen molar-refractivity contribution in [3.63, 3.8) is 0 Å². The molecule has 0 aliphatic carbocycles. The summed E-state index contributed by atoms with van der Waals surface area (Å²) in [5, 5.41) is 0. The van der Waals surface area contributed by atoms with Crippen LogP contribution in [-0.2, 0) is 6.42 Å². The molecule has 0 aliphatic heterocycles. The van der Waals surface area contributed by atoms with Crippen LogP contribution in [0.1, 0.15) is 26.3 Å². The van der Waals surface area contributed by atoms with Gasteiger partial charge in [0.2, 0.25) is 0 Å². The largest absolute Gasteiger partial charge is 0.487 e. The van der Waals surface area contributed by atoms with E-state index < -0.39 is 0 Å². The van der Waals surface area contributed by atoms with E-state index in [1.807, 2.05) is 38.1 Å². The number of nitrogen functional groups attached to an aromatic ring is 1. The lowest BCUT2D eigenvalue weighted by Gasteiger charge is -2.08. The second kappa shape index (κ2) is 5.44. The molecule has 1 aromatic rings. The predicted octanol–water partition coefficient (Wildman–Crippen LogP) is 3.18. The summed E-state index contributed by atoms with van der Waals surface area (Å²) in [7, 11) is 0. The highest BCUT2D eigenvalue weighted by Crippen LogP contribution is 2.22. The Labute approximate surface area is 91.7 Å². The van der Waals surface area contributed by atoms with Gasteiger partial charge in [-0.25, -0.2) is 0 Å². The molecule has 0 saturated heterocycles. The van der Waals surface area contributed by atoms with E-state index in [2.05, 4.69) is 6.92 Å². The van der Waals surface area contributed by atoms with E-state index in [1.54, 1.807) is 0 Å². The van der Waals surface area contributed by atoms with Crippen LogP contribution in [0.2, 0.25) is 0 Å². The summed E-state index contributed by atoms with van der Waals surface area (Å²) in [4.78, 5) is 0. The summed E-state index contributed by atoms with van der Waals surface area (Å²) in [6.45, 7) is 6.79. The summed E-state index contributed by atoms with van der Waals surface area (Å²) in [6.07, 6.45) is 3.03. The molecule has 0 fully saturated rings. The van der Waals surface area contributed by atoms with E-state index in [0.29, 0.717) is 6.61 Å². The topological polar surface area (TPSA) is 35.2 Å². The van der Waals surface area contributed by atoms with Crippen LogP contribution in [0.3, 0.4) is 0 Å². The predicted molar refractivity (Wildman–Crippen MR) is 65.2 cm³/mol. The molecule has 0 saturated carbocycles. The van der Waals surface area contributed by atoms with E-state index in [9.17, 15) is 0 Å². The van der Waals surface area contributed by atoms with Crippen molar-refractivity contribution >= 4 is 5.69 Å². The third-order valence-electron chi connectivity index (χ3n) is 2.21. The zero-order valence-corrected chi connectivity index (χ0v) is 9.71. The maximum atomic E-state index is 5.87. The highest BCUT2D eigenvalue weighted by atomic mass is 16.5. The normalized spacial score (nSPS) is 9.80. The van der Waals surface area contributed by atoms with E-state index in [4.69, 9.17) is 10.5 Å². The molecule has 2 heteroatoms. The van der Waals surface area contributed by atoms with Crippen molar-refractivity contribution in [3.05, 3.63) is 35.4 Å². The number of allylic oxidation sites excluding steroid dienone is 1. The molecule has 1 aromatic carbocycles. The van der Waals surface area contributed by atoms with Gasteiger partial charge < -0.3 is 10.5 Å². The fourth-order valence-electron chi connectivity index (χ4n) is 1.25. The summed E-state index contributed by atoms with van der Waals surface area (Å²) in [6, 6.07) is 5.96. The summed E-state index contributed by atoms with van der Waals surface area (Å²) in [5.41, 5.74) is 9.07. The molecule has 0 amide bonds. The fraction of sp³-hybridized carbons (Fsp3) is 0.385. The fourth-order valence-corrected chi connectivity index (χ4v) is 1.25. The Balaban J connectivity index is 2.66. The van der Waals surface area contributed by atoms with E-state index in [-0.39, 0.29) is 0 Å². The van der Waals surface area contributed by atoms with Crippen LogP contribution in [0, 0.1) is 0 Å². The van der Waals surface area contributed by atoms with Gasteiger partial charge in [0.25, 0.3) is 0 Å². The maximum Gasteiger partial charge on any atom is 0.142 e. The summed E-state index contributed by atoms with van der Waals surface area (Å²) < 4.78 is 5.55. The zero-order chi connectivity index (χ0) is 11.3. The molecule has 2 N–H and O–H groups in total. The van der Waals surface area contributed by atoms with Crippen LogP contribution in [0.15, 0.2) is 29.8 Å². The lowest BCUT2D eigenvalue weighted by molar-refractivity contribution is 0.364. The molecule has 0 bridgehead atoms. The number of rotatable bonds is 4. The van der Waals surface area contributed by atoms with Crippen LogP contribution < -0.4 is 10.5 Å². The number of hydrogen-bond acceptors (Lipinski definition) is 2. The van der Waals surface area contributed by atoms with Gasteiger partial charge in [-0.2, -0.15) is 0 Å². The minimum Gasteiger partial charge on any atom is -0.487 e. The van der Waals surface area contributed by atoms with Crippen molar-refractivity contribution in [2.75, 3.05) is 12.3 Å². The van der Waals surface area contributed by atoms with E-state index >= 15 is 0 Å². The Morgan fingerprint density at radius 3 is 2.67 bits per heavy atom. The molecule has 0 aliphatic rings. The molecular formula is C13H19NO. The molecule has 82 valence electrons. The smallest absolute Gasteiger partial charge is 0.142 e. The first-order valence-electron chi connectivity index (χ1n) is 5.28. The van der Waals surface area contributed by atoms with Gasteiger partial charge in [-0.3, -0.25) is 0 Å². The summed E-state index contributed by atoms with van der Waals surface area (Å²) >= 11 is 0. The molecule has 15 heavy (non-hydrogen) atoms. The highest BCUT2D eigenvalue weighted by Gasteiger charge is 1.99. The monoisotopic (exact) mass is 205 g/mol. The van der Waals surface area contributed by atoms with Gasteiger partial charge in [-0.1, -0.05) is 18.6 Å². The number of aryl methyl sites for hydroxylation is 1. The molecule has 0 spiro atoms. The molecule has 0 heterocycles. The molecule has 0 radical (unpaired) electrons. The third kappa shape index (κ3) is 3.66. The standard InChI is InChI=1S/C13H19NO/c1-4-11-5-6-13(12(14)9-11)15-8-7-10(2)3/h5-7,9H,4,8,14H2,1-3H3. The van der Waals surface area contributed by atoms with Gasteiger partial charge in [0.15, 0.2) is 0 Å². The average Bonchev–Trinajstić information content (AvgIpc) is 2.20. The van der Waals surface area contributed by atoms with Crippen molar-refractivity contribution in [2.45, 2.75) is 27.2 Å². The molecule has 2 nitrogen and oxygen atoms in total. The Morgan fingerprint density at radius 1 is 1.40 bits per heavy atom. The second-order valence-electron chi connectivity index (χ2n) is 3.82. The van der Waals surface area contributed by atoms with Crippen molar-refractivity contribution in [2.24, 2.45) is 0 Å². The van der Waals surface area contributed by atoms with Crippen LogP contribution in [-0.4, -0.2) is 6.61 Å². The van der Waals surface area contributed by atoms with Crippen LogP contribution in [0.25, 0.3) is 0 Å². The Morgan fingerprint density at radius 2 is 2.13 bits per heavy atom. The second-order valence-corrected chi connectivity index (χ2v) is 3.82. The lowest BCUT2D eigenvalue weighted by atomic mass is 10.1. The first-order chi connectivity index (χ1) is 7.13. The Hall–Kier alpha value is -1.44. The quantitative estimate of drug-likeness (QED) is 0.605. The third-order valence-corrected chi connectivity index (χ3v) is 2.21. The van der Waals surface area contributed by atoms with Crippen molar-refractivity contribution < 1.29 is 4.74 Å². The highest BCUT2D eigenvalue weighted by molar-refractivity contribution is 5.54. The average molecular weight is 205 g/mol. The molecule has 0 atom stereocenters. The van der Waals surface area contributed by atoms with Gasteiger partial charge in [-0.05, 0) is 44.0 Å². The number of benzene rings is 1. The summed E-state index contributed by atoms with van der Waals surface area (Å²) in [5.74, 6) is 0.768.